The highest BCUT2D eigenvalue weighted by molar-refractivity contribution is 4.77. The van der Waals surface area contributed by atoms with Gasteiger partial charge in [0.05, 0.1) is 6.54 Å². The molecule has 0 fully saturated rings. The molecule has 0 spiro atoms. The third kappa shape index (κ3) is 4.30. The number of hydrogen-bond donors (Lipinski definition) is 1. The van der Waals surface area contributed by atoms with Crippen molar-refractivity contribution >= 4 is 0 Å². The van der Waals surface area contributed by atoms with E-state index in [1.165, 1.54) is 13.1 Å². The third-order valence-electron chi connectivity index (χ3n) is 1.16. The van der Waals surface area contributed by atoms with Crippen LogP contribution in [0.25, 0.3) is 0 Å². The van der Waals surface area contributed by atoms with E-state index in [4.69, 9.17) is 0 Å². The molecule has 60 valence electrons. The van der Waals surface area contributed by atoms with E-state index >= 15 is 0 Å². The van der Waals surface area contributed by atoms with Gasteiger partial charge in [0.1, 0.15) is 0 Å². The number of halogens is 2. The molecule has 0 heterocycles. The fourth-order valence-corrected chi connectivity index (χ4v) is 0.451. The maximum atomic E-state index is 12.4. The second kappa shape index (κ2) is 4.25. The summed E-state index contributed by atoms with van der Waals surface area (Å²) in [6, 6.07) is 0. The van der Waals surface area contributed by atoms with Crippen LogP contribution >= 0.6 is 0 Å². The summed E-state index contributed by atoms with van der Waals surface area (Å²) in [4.78, 5) is 0. The topological polar surface area (TPSA) is 12.0 Å². The van der Waals surface area contributed by atoms with Crippen LogP contribution in [0.3, 0.4) is 0 Å². The molecule has 0 atom stereocenters. The van der Waals surface area contributed by atoms with Crippen LogP contribution in [0.2, 0.25) is 0 Å². The van der Waals surface area contributed by atoms with Crippen molar-refractivity contribution in [1.29, 1.82) is 0 Å². The van der Waals surface area contributed by atoms with Crippen LogP contribution < -0.4 is 5.32 Å². The van der Waals surface area contributed by atoms with Gasteiger partial charge in [-0.25, -0.2) is 8.78 Å². The lowest BCUT2D eigenvalue weighted by molar-refractivity contribution is 0.00146. The first-order valence-corrected chi connectivity index (χ1v) is 3.35. The van der Waals surface area contributed by atoms with Gasteiger partial charge < -0.3 is 5.32 Å². The van der Waals surface area contributed by atoms with Crippen LogP contribution in [0, 0.1) is 0 Å². The average Bonchev–Trinajstić information content (AvgIpc) is 1.89. The molecule has 0 aromatic heterocycles. The second-order valence-corrected chi connectivity index (χ2v) is 2.09. The number of nitrogens with one attached hydrogen (secondary N) is 1. The Morgan fingerprint density at radius 1 is 1.50 bits per heavy atom. The van der Waals surface area contributed by atoms with Crippen LogP contribution in [-0.2, 0) is 0 Å². The molecular formula is C7H13F2N. The summed E-state index contributed by atoms with van der Waals surface area (Å²) in [5.41, 5.74) is 0. The van der Waals surface area contributed by atoms with E-state index in [1.807, 2.05) is 0 Å². The van der Waals surface area contributed by atoms with Gasteiger partial charge in [0.25, 0.3) is 5.92 Å². The van der Waals surface area contributed by atoms with E-state index in [-0.39, 0.29) is 13.0 Å². The van der Waals surface area contributed by atoms with Gasteiger partial charge in [-0.3, -0.25) is 0 Å². The number of rotatable bonds is 4. The molecule has 10 heavy (non-hydrogen) atoms. The summed E-state index contributed by atoms with van der Waals surface area (Å²) >= 11 is 0. The Balaban J connectivity index is 3.46. The predicted octanol–water partition coefficient (Wildman–Crippen LogP) is 2.15. The van der Waals surface area contributed by atoms with Crippen molar-refractivity contribution in [2.24, 2.45) is 0 Å². The molecule has 1 N–H and O–H groups in total. The van der Waals surface area contributed by atoms with E-state index in [1.54, 1.807) is 13.0 Å². The molecule has 0 rings (SSSR count). The predicted molar refractivity (Wildman–Crippen MR) is 38.1 cm³/mol. The van der Waals surface area contributed by atoms with Crippen molar-refractivity contribution < 1.29 is 8.78 Å². The maximum Gasteiger partial charge on any atom is 0.264 e. The molecule has 0 aliphatic heterocycles. The van der Waals surface area contributed by atoms with Crippen LogP contribution in [0.5, 0.6) is 0 Å². The molecular weight excluding hydrogens is 136 g/mol. The van der Waals surface area contributed by atoms with Crippen molar-refractivity contribution in [1.82, 2.24) is 5.32 Å². The Hall–Kier alpha value is -0.600. The lowest BCUT2D eigenvalue weighted by atomic mass is 10.2. The van der Waals surface area contributed by atoms with E-state index in [9.17, 15) is 8.78 Å². The minimum atomic E-state index is -2.57. The largest absolute Gasteiger partial charge is 0.385 e. The molecule has 0 radical (unpaired) electrons. The molecule has 0 unspecified atom stereocenters. The summed E-state index contributed by atoms with van der Waals surface area (Å²) in [5.74, 6) is -2.57. The lowest BCUT2D eigenvalue weighted by Crippen LogP contribution is -2.28. The minimum absolute atomic E-state index is 0.114. The highest BCUT2D eigenvalue weighted by Gasteiger charge is 2.24. The molecule has 0 saturated heterocycles. The molecule has 3 heteroatoms. The first-order chi connectivity index (χ1) is 4.62. The Labute approximate surface area is 60.1 Å². The summed E-state index contributed by atoms with van der Waals surface area (Å²) < 4.78 is 24.8. The highest BCUT2D eigenvalue weighted by Crippen LogP contribution is 2.15. The van der Waals surface area contributed by atoms with Gasteiger partial charge in [0.15, 0.2) is 0 Å². The summed E-state index contributed by atoms with van der Waals surface area (Å²) in [7, 11) is 0. The van der Waals surface area contributed by atoms with E-state index < -0.39 is 5.92 Å². The van der Waals surface area contributed by atoms with Gasteiger partial charge in [-0.15, -0.1) is 0 Å². The Kier molecular flexibility index (Phi) is 4.00. The third-order valence-corrected chi connectivity index (χ3v) is 1.16. The van der Waals surface area contributed by atoms with Gasteiger partial charge in [-0.05, 0) is 13.1 Å². The van der Waals surface area contributed by atoms with Crippen LogP contribution in [0.1, 0.15) is 20.3 Å². The monoisotopic (exact) mass is 149 g/mol. The lowest BCUT2D eigenvalue weighted by Gasteiger charge is -2.12. The summed E-state index contributed by atoms with van der Waals surface area (Å²) in [6.45, 7) is 2.97. The van der Waals surface area contributed by atoms with Crippen molar-refractivity contribution in [2.45, 2.75) is 26.2 Å². The SMILES string of the molecule is C/C=C\NCC(F)(F)CC. The highest BCUT2D eigenvalue weighted by atomic mass is 19.3. The van der Waals surface area contributed by atoms with Gasteiger partial charge in [-0.1, -0.05) is 13.0 Å². The Morgan fingerprint density at radius 2 is 2.10 bits per heavy atom. The van der Waals surface area contributed by atoms with Crippen LogP contribution in [0.15, 0.2) is 12.3 Å². The zero-order valence-corrected chi connectivity index (χ0v) is 6.32. The molecule has 0 aliphatic rings. The average molecular weight is 149 g/mol. The van der Waals surface area contributed by atoms with Crippen LogP contribution in [-0.4, -0.2) is 12.5 Å². The second-order valence-electron chi connectivity index (χ2n) is 2.09. The molecule has 0 bridgehead atoms. The van der Waals surface area contributed by atoms with E-state index in [0.717, 1.165) is 0 Å². The Bertz CT molecular complexity index is 110. The first kappa shape index (κ1) is 9.40. The molecule has 0 aromatic carbocycles. The summed E-state index contributed by atoms with van der Waals surface area (Å²) in [5, 5.41) is 2.50. The Morgan fingerprint density at radius 3 is 2.50 bits per heavy atom. The zero-order chi connectivity index (χ0) is 8.04. The van der Waals surface area contributed by atoms with Crippen molar-refractivity contribution in [3.8, 4) is 0 Å². The number of alkyl halides is 2. The van der Waals surface area contributed by atoms with E-state index in [2.05, 4.69) is 5.32 Å². The van der Waals surface area contributed by atoms with Crippen molar-refractivity contribution in [2.75, 3.05) is 6.54 Å². The maximum absolute atomic E-state index is 12.4. The van der Waals surface area contributed by atoms with Crippen molar-refractivity contribution in [3.05, 3.63) is 12.3 Å². The normalized spacial score (nSPS) is 12.4. The standard InChI is InChI=1S/C7H13F2N/c1-3-5-10-6-7(8,9)4-2/h3,5,10H,4,6H2,1-2H3/b5-3-. The fraction of sp³-hybridized carbons (Fsp3) is 0.714. The smallest absolute Gasteiger partial charge is 0.264 e. The van der Waals surface area contributed by atoms with Crippen LogP contribution in [0.4, 0.5) is 8.78 Å². The fourth-order valence-electron chi connectivity index (χ4n) is 0.451. The first-order valence-electron chi connectivity index (χ1n) is 3.35. The molecule has 1 nitrogen and oxygen atoms in total. The molecule has 0 aromatic rings. The zero-order valence-electron chi connectivity index (χ0n) is 6.32. The summed E-state index contributed by atoms with van der Waals surface area (Å²) in [6.07, 6.45) is 3.09. The van der Waals surface area contributed by atoms with Gasteiger partial charge in [0.2, 0.25) is 0 Å². The molecule has 0 aliphatic carbocycles. The molecule has 0 amide bonds. The van der Waals surface area contributed by atoms with Crippen molar-refractivity contribution in [3.63, 3.8) is 0 Å². The minimum Gasteiger partial charge on any atom is -0.385 e. The number of allylic oxidation sites excluding steroid dienone is 1. The molecule has 0 saturated carbocycles. The van der Waals surface area contributed by atoms with E-state index in [0.29, 0.717) is 0 Å². The van der Waals surface area contributed by atoms with Gasteiger partial charge in [0, 0.05) is 6.42 Å². The van der Waals surface area contributed by atoms with Gasteiger partial charge >= 0.3 is 0 Å². The number of hydrogen-bond acceptors (Lipinski definition) is 1. The van der Waals surface area contributed by atoms with Gasteiger partial charge in [-0.2, -0.15) is 0 Å². The quantitative estimate of drug-likeness (QED) is 0.645.